The Morgan fingerprint density at radius 1 is 1.03 bits per heavy atom. The molecule has 6 nitrogen and oxygen atoms in total. The Hall–Kier alpha value is -3.80. The van der Waals surface area contributed by atoms with Crippen molar-refractivity contribution in [2.24, 2.45) is 0 Å². The van der Waals surface area contributed by atoms with Gasteiger partial charge in [0, 0.05) is 5.56 Å². The normalized spacial score (nSPS) is 10.8. The summed E-state index contributed by atoms with van der Waals surface area (Å²) in [5.41, 5.74) is 4.73. The van der Waals surface area contributed by atoms with Crippen molar-refractivity contribution in [2.75, 3.05) is 13.7 Å². The number of nitrogens with zero attached hydrogens (tertiary/aromatic N) is 2. The van der Waals surface area contributed by atoms with Crippen molar-refractivity contribution in [3.8, 4) is 11.5 Å². The van der Waals surface area contributed by atoms with E-state index in [1.165, 1.54) is 5.56 Å². The van der Waals surface area contributed by atoms with Gasteiger partial charge in [0.1, 0.15) is 23.9 Å². The number of nitrogens with one attached hydrogen (secondary N) is 1. The van der Waals surface area contributed by atoms with Gasteiger partial charge in [-0.1, -0.05) is 30.3 Å². The summed E-state index contributed by atoms with van der Waals surface area (Å²) in [6.45, 7) is 5.54. The smallest absolute Gasteiger partial charge is 0.251 e. The minimum absolute atomic E-state index is 0.172. The molecular formula is C26H27N3O3. The molecule has 164 valence electrons. The summed E-state index contributed by atoms with van der Waals surface area (Å²) < 4.78 is 13.4. The summed E-state index contributed by atoms with van der Waals surface area (Å²) >= 11 is 0. The molecule has 0 radical (unpaired) electrons. The van der Waals surface area contributed by atoms with Gasteiger partial charge in [-0.05, 0) is 61.4 Å². The number of rotatable bonds is 8. The Labute approximate surface area is 187 Å². The number of hydrogen-bond donors (Lipinski definition) is 1. The first-order valence-corrected chi connectivity index (χ1v) is 10.6. The van der Waals surface area contributed by atoms with E-state index in [2.05, 4.69) is 35.0 Å². The van der Waals surface area contributed by atoms with Crippen molar-refractivity contribution in [3.05, 3.63) is 89.2 Å². The molecule has 0 aliphatic rings. The number of fused-ring (bicyclic) bond motifs is 1. The molecule has 0 saturated carbocycles. The molecule has 1 heterocycles. The number of carbonyl (C=O) groups is 1. The lowest BCUT2D eigenvalue weighted by Gasteiger charge is -2.13. The van der Waals surface area contributed by atoms with Crippen molar-refractivity contribution < 1.29 is 14.3 Å². The summed E-state index contributed by atoms with van der Waals surface area (Å²) in [7, 11) is 1.58. The molecule has 3 aromatic carbocycles. The van der Waals surface area contributed by atoms with Gasteiger partial charge >= 0.3 is 0 Å². The summed E-state index contributed by atoms with van der Waals surface area (Å²) in [5, 5.41) is 2.97. The number of methoxy groups -OCH3 is 1. The second-order valence-corrected chi connectivity index (χ2v) is 7.70. The molecule has 1 N–H and O–H groups in total. The first-order chi connectivity index (χ1) is 15.5. The first kappa shape index (κ1) is 21.4. The monoisotopic (exact) mass is 429 g/mol. The molecule has 0 bridgehead atoms. The average Bonchev–Trinajstić information content (AvgIpc) is 3.17. The van der Waals surface area contributed by atoms with Crippen LogP contribution in [0.3, 0.4) is 0 Å². The maximum atomic E-state index is 12.7. The van der Waals surface area contributed by atoms with Crippen molar-refractivity contribution in [1.29, 1.82) is 0 Å². The fourth-order valence-corrected chi connectivity index (χ4v) is 3.65. The van der Waals surface area contributed by atoms with Crippen LogP contribution in [0, 0.1) is 13.8 Å². The SMILES string of the molecule is COc1cccc(C(=O)NCc2nc3ccccc3n2CCOc2cc(C)ccc2C)c1. The predicted molar refractivity (Wildman–Crippen MR) is 125 cm³/mol. The molecule has 0 unspecified atom stereocenters. The molecule has 0 spiro atoms. The van der Waals surface area contributed by atoms with Crippen molar-refractivity contribution in [3.63, 3.8) is 0 Å². The second kappa shape index (κ2) is 9.56. The van der Waals surface area contributed by atoms with Crippen molar-refractivity contribution in [2.45, 2.75) is 26.9 Å². The standard InChI is InChI=1S/C26H27N3O3/c1-18-11-12-19(2)24(15-18)32-14-13-29-23-10-5-4-9-22(23)28-25(29)17-27-26(30)20-7-6-8-21(16-20)31-3/h4-12,15-16H,13-14,17H2,1-3H3,(H,27,30). The number of hydrogen-bond acceptors (Lipinski definition) is 4. The molecule has 0 fully saturated rings. The highest BCUT2D eigenvalue weighted by molar-refractivity contribution is 5.94. The zero-order valence-electron chi connectivity index (χ0n) is 18.6. The third kappa shape index (κ3) is 4.75. The molecule has 0 atom stereocenters. The van der Waals surface area contributed by atoms with Crippen LogP contribution in [-0.4, -0.2) is 29.2 Å². The van der Waals surface area contributed by atoms with Gasteiger partial charge in [0.05, 0.1) is 31.2 Å². The van der Waals surface area contributed by atoms with Gasteiger partial charge < -0.3 is 19.4 Å². The number of carbonyl (C=O) groups excluding carboxylic acids is 1. The molecule has 4 aromatic rings. The van der Waals surface area contributed by atoms with Crippen LogP contribution in [0.15, 0.2) is 66.7 Å². The van der Waals surface area contributed by atoms with Crippen LogP contribution in [0.5, 0.6) is 11.5 Å². The lowest BCUT2D eigenvalue weighted by molar-refractivity contribution is 0.0949. The lowest BCUT2D eigenvalue weighted by Crippen LogP contribution is -2.25. The summed E-state index contributed by atoms with van der Waals surface area (Å²) in [6, 6.07) is 21.3. The van der Waals surface area contributed by atoms with Crippen LogP contribution in [0.4, 0.5) is 0 Å². The van der Waals surface area contributed by atoms with Crippen LogP contribution in [0.2, 0.25) is 0 Å². The highest BCUT2D eigenvalue weighted by atomic mass is 16.5. The van der Waals surface area contributed by atoms with Gasteiger partial charge in [-0.15, -0.1) is 0 Å². The fourth-order valence-electron chi connectivity index (χ4n) is 3.65. The van der Waals surface area contributed by atoms with Crippen molar-refractivity contribution in [1.82, 2.24) is 14.9 Å². The summed E-state index contributed by atoms with van der Waals surface area (Å²) in [5.74, 6) is 2.15. The molecule has 32 heavy (non-hydrogen) atoms. The highest BCUT2D eigenvalue weighted by Gasteiger charge is 2.13. The predicted octanol–water partition coefficient (Wildman–Crippen LogP) is 4.67. The fraction of sp³-hybridized carbons (Fsp3) is 0.231. The van der Waals surface area contributed by atoms with Crippen LogP contribution in [-0.2, 0) is 13.1 Å². The topological polar surface area (TPSA) is 65.4 Å². The molecule has 4 rings (SSSR count). The van der Waals surface area contributed by atoms with Gasteiger partial charge in [-0.25, -0.2) is 4.98 Å². The number of aryl methyl sites for hydroxylation is 2. The highest BCUT2D eigenvalue weighted by Crippen LogP contribution is 2.20. The number of ether oxygens (including phenoxy) is 2. The Balaban J connectivity index is 1.49. The van der Waals surface area contributed by atoms with E-state index in [4.69, 9.17) is 14.5 Å². The zero-order valence-corrected chi connectivity index (χ0v) is 18.6. The van der Waals surface area contributed by atoms with Crippen molar-refractivity contribution >= 4 is 16.9 Å². The Kier molecular flexibility index (Phi) is 6.40. The maximum absolute atomic E-state index is 12.7. The first-order valence-electron chi connectivity index (χ1n) is 10.6. The van der Waals surface area contributed by atoms with E-state index in [1.807, 2.05) is 37.3 Å². The van der Waals surface area contributed by atoms with Crippen LogP contribution in [0.1, 0.15) is 27.3 Å². The van der Waals surface area contributed by atoms with E-state index in [9.17, 15) is 4.79 Å². The summed E-state index contributed by atoms with van der Waals surface area (Å²) in [4.78, 5) is 17.4. The number of aromatic nitrogens is 2. The third-order valence-electron chi connectivity index (χ3n) is 5.39. The largest absolute Gasteiger partial charge is 0.497 e. The van der Waals surface area contributed by atoms with Crippen LogP contribution < -0.4 is 14.8 Å². The van der Waals surface area contributed by atoms with Gasteiger partial charge in [-0.2, -0.15) is 0 Å². The van der Waals surface area contributed by atoms with Crippen LogP contribution >= 0.6 is 0 Å². The minimum Gasteiger partial charge on any atom is -0.497 e. The molecule has 0 saturated heterocycles. The molecule has 6 heteroatoms. The van der Waals surface area contributed by atoms with Gasteiger partial charge in [0.2, 0.25) is 0 Å². The lowest BCUT2D eigenvalue weighted by atomic mass is 10.1. The van der Waals surface area contributed by atoms with E-state index < -0.39 is 0 Å². The second-order valence-electron chi connectivity index (χ2n) is 7.70. The Morgan fingerprint density at radius 2 is 1.88 bits per heavy atom. The average molecular weight is 430 g/mol. The van der Waals surface area contributed by atoms with Gasteiger partial charge in [0.15, 0.2) is 0 Å². The molecule has 1 amide bonds. The number of amides is 1. The molecule has 0 aliphatic carbocycles. The van der Waals surface area contributed by atoms with Gasteiger partial charge in [-0.3, -0.25) is 4.79 Å². The summed E-state index contributed by atoms with van der Waals surface area (Å²) in [6.07, 6.45) is 0. The van der Waals surface area contributed by atoms with E-state index in [0.717, 1.165) is 28.2 Å². The Bertz CT molecular complexity index is 1250. The van der Waals surface area contributed by atoms with Gasteiger partial charge in [0.25, 0.3) is 5.91 Å². The Morgan fingerprint density at radius 3 is 2.72 bits per heavy atom. The van der Waals surface area contributed by atoms with E-state index in [-0.39, 0.29) is 5.91 Å². The van der Waals surface area contributed by atoms with Crippen LogP contribution in [0.25, 0.3) is 11.0 Å². The molecular weight excluding hydrogens is 402 g/mol. The van der Waals surface area contributed by atoms with E-state index in [0.29, 0.717) is 31.0 Å². The number of imidazole rings is 1. The number of para-hydroxylation sites is 2. The zero-order chi connectivity index (χ0) is 22.5. The third-order valence-corrected chi connectivity index (χ3v) is 5.39. The minimum atomic E-state index is -0.172. The number of benzene rings is 3. The molecule has 0 aliphatic heterocycles. The van der Waals surface area contributed by atoms with E-state index in [1.54, 1.807) is 25.3 Å². The quantitative estimate of drug-likeness (QED) is 0.442. The van der Waals surface area contributed by atoms with E-state index >= 15 is 0 Å². The maximum Gasteiger partial charge on any atom is 0.251 e. The molecule has 1 aromatic heterocycles.